The van der Waals surface area contributed by atoms with Gasteiger partial charge in [-0.15, -0.1) is 0 Å². The van der Waals surface area contributed by atoms with Crippen LogP contribution >= 0.6 is 0 Å². The van der Waals surface area contributed by atoms with Crippen LogP contribution in [0.4, 0.5) is 0 Å². The van der Waals surface area contributed by atoms with E-state index in [1.54, 1.807) is 13.0 Å². The maximum Gasteiger partial charge on any atom is 0.122 e. The predicted molar refractivity (Wildman–Crippen MR) is 62.4 cm³/mol. The first kappa shape index (κ1) is 11.6. The van der Waals surface area contributed by atoms with Crippen molar-refractivity contribution in [1.29, 1.82) is 0 Å². The maximum atomic E-state index is 9.88. The van der Waals surface area contributed by atoms with Gasteiger partial charge in [0.05, 0.1) is 0 Å². The predicted octanol–water partition coefficient (Wildman–Crippen LogP) is 3.22. The van der Waals surface area contributed by atoms with Gasteiger partial charge in [0.1, 0.15) is 11.5 Å². The Labute approximate surface area is 90.9 Å². The molecule has 0 atom stereocenters. The van der Waals surface area contributed by atoms with Crippen LogP contribution in [-0.4, -0.2) is 10.2 Å². The second-order valence-electron chi connectivity index (χ2n) is 4.15. The van der Waals surface area contributed by atoms with Gasteiger partial charge in [-0.3, -0.25) is 0 Å². The molecule has 0 radical (unpaired) electrons. The number of allylic oxidation sites excluding steroid dienone is 2. The largest absolute Gasteiger partial charge is 0.508 e. The molecule has 2 N–H and O–H groups in total. The number of rotatable bonds is 2. The Balaban J connectivity index is 3.21. The minimum absolute atomic E-state index is 0.252. The molecule has 0 unspecified atom stereocenters. The summed E-state index contributed by atoms with van der Waals surface area (Å²) in [6.07, 6.45) is 2.70. The molecule has 15 heavy (non-hydrogen) atoms. The number of benzene rings is 1. The van der Waals surface area contributed by atoms with Gasteiger partial charge in [0.25, 0.3) is 0 Å². The number of phenols is 2. The Morgan fingerprint density at radius 1 is 1.27 bits per heavy atom. The average molecular weight is 206 g/mol. The van der Waals surface area contributed by atoms with Crippen molar-refractivity contribution in [2.24, 2.45) is 0 Å². The van der Waals surface area contributed by atoms with E-state index in [1.807, 2.05) is 26.8 Å². The van der Waals surface area contributed by atoms with E-state index in [0.29, 0.717) is 12.2 Å². The fourth-order valence-electron chi connectivity index (χ4n) is 1.51. The van der Waals surface area contributed by atoms with Crippen molar-refractivity contribution in [2.45, 2.75) is 34.1 Å². The molecular weight excluding hydrogens is 188 g/mol. The van der Waals surface area contributed by atoms with Gasteiger partial charge in [0, 0.05) is 5.56 Å². The first-order chi connectivity index (χ1) is 6.93. The van der Waals surface area contributed by atoms with Crippen molar-refractivity contribution in [1.82, 2.24) is 0 Å². The molecule has 1 aromatic rings. The molecule has 0 spiro atoms. The van der Waals surface area contributed by atoms with Gasteiger partial charge in [-0.25, -0.2) is 0 Å². The third-order valence-corrected chi connectivity index (χ3v) is 2.56. The summed E-state index contributed by atoms with van der Waals surface area (Å²) in [7, 11) is 0. The molecule has 0 saturated carbocycles. The van der Waals surface area contributed by atoms with E-state index in [9.17, 15) is 10.2 Å². The molecule has 1 aromatic carbocycles. The van der Waals surface area contributed by atoms with Gasteiger partial charge in [-0.05, 0) is 51.3 Å². The van der Waals surface area contributed by atoms with E-state index in [2.05, 4.69) is 0 Å². The Morgan fingerprint density at radius 2 is 1.87 bits per heavy atom. The van der Waals surface area contributed by atoms with E-state index in [1.165, 1.54) is 5.57 Å². The standard InChI is InChI=1S/C13H18O2/c1-8(2)5-6-11-10(4)12(14)7-9(3)13(11)15/h5,7,14-15H,6H2,1-4H3. The van der Waals surface area contributed by atoms with E-state index >= 15 is 0 Å². The number of hydrogen-bond acceptors (Lipinski definition) is 2. The van der Waals surface area contributed by atoms with Crippen LogP contribution in [0.15, 0.2) is 17.7 Å². The van der Waals surface area contributed by atoms with E-state index in [-0.39, 0.29) is 5.75 Å². The van der Waals surface area contributed by atoms with Gasteiger partial charge in [-0.1, -0.05) is 11.6 Å². The topological polar surface area (TPSA) is 40.5 Å². The first-order valence-corrected chi connectivity index (χ1v) is 5.08. The van der Waals surface area contributed by atoms with Gasteiger partial charge in [0.15, 0.2) is 0 Å². The highest BCUT2D eigenvalue weighted by atomic mass is 16.3. The van der Waals surface area contributed by atoms with Crippen LogP contribution in [0.25, 0.3) is 0 Å². The zero-order valence-corrected chi connectivity index (χ0v) is 9.76. The van der Waals surface area contributed by atoms with Crippen molar-refractivity contribution in [3.05, 3.63) is 34.4 Å². The molecule has 82 valence electrons. The molecule has 2 heteroatoms. The second-order valence-corrected chi connectivity index (χ2v) is 4.15. The molecule has 1 rings (SSSR count). The van der Waals surface area contributed by atoms with Crippen molar-refractivity contribution in [3.63, 3.8) is 0 Å². The fourth-order valence-corrected chi connectivity index (χ4v) is 1.51. The van der Waals surface area contributed by atoms with Gasteiger partial charge in [-0.2, -0.15) is 0 Å². The van der Waals surface area contributed by atoms with Crippen LogP contribution in [0, 0.1) is 13.8 Å². The summed E-state index contributed by atoms with van der Waals surface area (Å²) in [5, 5.41) is 19.5. The van der Waals surface area contributed by atoms with Crippen LogP contribution in [0.1, 0.15) is 30.5 Å². The highest BCUT2D eigenvalue weighted by Gasteiger charge is 2.10. The van der Waals surface area contributed by atoms with Crippen LogP contribution in [0.3, 0.4) is 0 Å². The molecule has 0 amide bonds. The van der Waals surface area contributed by atoms with Crippen molar-refractivity contribution in [3.8, 4) is 11.5 Å². The molecule has 0 aliphatic heterocycles. The van der Waals surface area contributed by atoms with Crippen LogP contribution in [0.2, 0.25) is 0 Å². The van der Waals surface area contributed by atoms with E-state index < -0.39 is 0 Å². The maximum absolute atomic E-state index is 9.88. The third-order valence-electron chi connectivity index (χ3n) is 2.56. The Hall–Kier alpha value is -1.44. The monoisotopic (exact) mass is 206 g/mol. The summed E-state index contributed by atoms with van der Waals surface area (Å²) >= 11 is 0. The number of phenolic OH excluding ortho intramolecular Hbond substituents is 2. The molecule has 2 nitrogen and oxygen atoms in total. The SMILES string of the molecule is CC(C)=CCc1c(C)c(O)cc(C)c1O. The van der Waals surface area contributed by atoms with E-state index in [0.717, 1.165) is 16.7 Å². The first-order valence-electron chi connectivity index (χ1n) is 5.08. The van der Waals surface area contributed by atoms with Crippen LogP contribution in [-0.2, 0) is 6.42 Å². The minimum atomic E-state index is 0.252. The van der Waals surface area contributed by atoms with Crippen LogP contribution < -0.4 is 0 Å². The Bertz CT molecular complexity index is 373. The fraction of sp³-hybridized carbons (Fsp3) is 0.385. The molecule has 0 bridgehead atoms. The highest BCUT2D eigenvalue weighted by molar-refractivity contribution is 5.52. The molecule has 0 saturated heterocycles. The van der Waals surface area contributed by atoms with Crippen molar-refractivity contribution >= 4 is 0 Å². The number of aromatic hydroxyl groups is 2. The molecule has 0 aliphatic rings. The molecule has 0 heterocycles. The highest BCUT2D eigenvalue weighted by Crippen LogP contribution is 2.32. The second kappa shape index (κ2) is 4.39. The summed E-state index contributed by atoms with van der Waals surface area (Å²) in [5.74, 6) is 0.547. The lowest BCUT2D eigenvalue weighted by atomic mass is 9.99. The Morgan fingerprint density at radius 3 is 2.40 bits per heavy atom. The number of aryl methyl sites for hydroxylation is 1. The van der Waals surface area contributed by atoms with Gasteiger partial charge >= 0.3 is 0 Å². The average Bonchev–Trinajstić information content (AvgIpc) is 2.14. The van der Waals surface area contributed by atoms with Crippen molar-refractivity contribution < 1.29 is 10.2 Å². The lowest BCUT2D eigenvalue weighted by Gasteiger charge is -2.11. The lowest BCUT2D eigenvalue weighted by molar-refractivity contribution is 0.448. The van der Waals surface area contributed by atoms with Gasteiger partial charge in [0.2, 0.25) is 0 Å². The lowest BCUT2D eigenvalue weighted by Crippen LogP contribution is -1.92. The summed E-state index contributed by atoms with van der Waals surface area (Å²) in [6.45, 7) is 7.65. The summed E-state index contributed by atoms with van der Waals surface area (Å²) in [6, 6.07) is 1.59. The summed E-state index contributed by atoms with van der Waals surface area (Å²) in [4.78, 5) is 0. The Kier molecular flexibility index (Phi) is 3.40. The number of hydrogen-bond donors (Lipinski definition) is 2. The zero-order chi connectivity index (χ0) is 11.6. The van der Waals surface area contributed by atoms with Gasteiger partial charge < -0.3 is 10.2 Å². The summed E-state index contributed by atoms with van der Waals surface area (Å²) < 4.78 is 0. The van der Waals surface area contributed by atoms with E-state index in [4.69, 9.17) is 0 Å². The minimum Gasteiger partial charge on any atom is -0.508 e. The van der Waals surface area contributed by atoms with Crippen LogP contribution in [0.5, 0.6) is 11.5 Å². The quantitative estimate of drug-likeness (QED) is 0.576. The summed E-state index contributed by atoms with van der Waals surface area (Å²) in [5.41, 5.74) is 3.49. The third kappa shape index (κ3) is 2.52. The molecular formula is C13H18O2. The molecule has 0 aliphatic carbocycles. The molecule has 0 aromatic heterocycles. The zero-order valence-electron chi connectivity index (χ0n) is 9.76. The smallest absolute Gasteiger partial charge is 0.122 e. The molecule has 0 fully saturated rings. The van der Waals surface area contributed by atoms with Crippen molar-refractivity contribution in [2.75, 3.05) is 0 Å². The normalized spacial score (nSPS) is 10.1.